The summed E-state index contributed by atoms with van der Waals surface area (Å²) < 4.78 is 8.38. The summed E-state index contributed by atoms with van der Waals surface area (Å²) in [4.78, 5) is 19.9. The summed E-state index contributed by atoms with van der Waals surface area (Å²) in [6, 6.07) is 15.9. The van der Waals surface area contributed by atoms with E-state index in [0.717, 1.165) is 47.2 Å². The van der Waals surface area contributed by atoms with E-state index in [1.807, 2.05) is 58.9 Å². The Kier molecular flexibility index (Phi) is 5.84. The van der Waals surface area contributed by atoms with Gasteiger partial charge in [0.15, 0.2) is 5.16 Å². The Labute approximate surface area is 194 Å². The van der Waals surface area contributed by atoms with E-state index in [-0.39, 0.29) is 11.9 Å². The molecule has 3 heterocycles. The molecule has 9 heteroatoms. The van der Waals surface area contributed by atoms with Crippen molar-refractivity contribution in [2.75, 3.05) is 19.4 Å². The Balaban J connectivity index is 1.31. The standard InChI is InChI=1S/C23H23N5O2S2/c1-15-25-26-23(28(15)16-9-11-17(30-2)12-10-16)31-14-21(29)27-13-5-7-19(27)22-24-18-6-3-4-8-20(18)32-22/h3-4,6,8-12,19H,5,7,13-14H2,1-2H3/t19-/m0/s1. The molecule has 0 bridgehead atoms. The number of benzene rings is 2. The molecule has 2 aromatic heterocycles. The molecule has 2 aromatic carbocycles. The maximum Gasteiger partial charge on any atom is 0.233 e. The average molecular weight is 466 g/mol. The van der Waals surface area contributed by atoms with E-state index >= 15 is 0 Å². The van der Waals surface area contributed by atoms with Gasteiger partial charge in [-0.2, -0.15) is 0 Å². The van der Waals surface area contributed by atoms with Gasteiger partial charge in [0.1, 0.15) is 16.6 Å². The second kappa shape index (κ2) is 8.91. The third-order valence-electron chi connectivity index (χ3n) is 5.62. The molecule has 0 aliphatic carbocycles. The molecule has 0 saturated carbocycles. The van der Waals surface area contributed by atoms with Gasteiger partial charge in [-0.15, -0.1) is 21.5 Å². The summed E-state index contributed by atoms with van der Waals surface area (Å²) in [7, 11) is 1.64. The minimum atomic E-state index is 0.0571. The number of hydrogen-bond acceptors (Lipinski definition) is 7. The van der Waals surface area contributed by atoms with Gasteiger partial charge in [-0.1, -0.05) is 23.9 Å². The highest BCUT2D eigenvalue weighted by molar-refractivity contribution is 7.99. The number of methoxy groups -OCH3 is 1. The first-order valence-corrected chi connectivity index (χ1v) is 12.3. The number of fused-ring (bicyclic) bond motifs is 1. The molecule has 7 nitrogen and oxygen atoms in total. The van der Waals surface area contributed by atoms with Gasteiger partial charge in [0.05, 0.1) is 29.1 Å². The zero-order valence-electron chi connectivity index (χ0n) is 17.9. The maximum atomic E-state index is 13.2. The van der Waals surface area contributed by atoms with Crippen LogP contribution in [0.4, 0.5) is 0 Å². The molecule has 1 aliphatic rings. The van der Waals surface area contributed by atoms with Gasteiger partial charge in [0, 0.05) is 12.2 Å². The van der Waals surface area contributed by atoms with Crippen LogP contribution in [0.1, 0.15) is 29.7 Å². The first kappa shape index (κ1) is 21.0. The number of aryl methyl sites for hydroxylation is 1. The molecule has 1 atom stereocenters. The highest BCUT2D eigenvalue weighted by Gasteiger charge is 2.32. The van der Waals surface area contributed by atoms with Crippen LogP contribution < -0.4 is 4.74 Å². The number of nitrogens with zero attached hydrogens (tertiary/aromatic N) is 5. The molecule has 32 heavy (non-hydrogen) atoms. The number of para-hydroxylation sites is 1. The molecule has 1 saturated heterocycles. The summed E-state index contributed by atoms with van der Waals surface area (Å²) >= 11 is 3.11. The number of aromatic nitrogens is 4. The molecule has 0 N–H and O–H groups in total. The largest absolute Gasteiger partial charge is 0.497 e. The summed E-state index contributed by atoms with van der Waals surface area (Å²) in [6.45, 7) is 2.68. The van der Waals surface area contributed by atoms with Gasteiger partial charge < -0.3 is 9.64 Å². The first-order chi connectivity index (χ1) is 15.6. The molecule has 0 radical (unpaired) electrons. The zero-order chi connectivity index (χ0) is 22.1. The molecule has 5 rings (SSSR count). The van der Waals surface area contributed by atoms with Crippen LogP contribution in [0, 0.1) is 6.92 Å². The van der Waals surface area contributed by atoms with Crippen LogP contribution in [-0.4, -0.2) is 50.0 Å². The van der Waals surface area contributed by atoms with Crippen molar-refractivity contribution in [2.24, 2.45) is 0 Å². The van der Waals surface area contributed by atoms with Crippen LogP contribution in [-0.2, 0) is 4.79 Å². The Morgan fingerprint density at radius 1 is 1.19 bits per heavy atom. The highest BCUT2D eigenvalue weighted by atomic mass is 32.2. The fraction of sp³-hybridized carbons (Fsp3) is 0.304. The van der Waals surface area contributed by atoms with Gasteiger partial charge in [0.25, 0.3) is 0 Å². The van der Waals surface area contributed by atoms with Gasteiger partial charge in [-0.3, -0.25) is 9.36 Å². The Bertz CT molecular complexity index is 1220. The van der Waals surface area contributed by atoms with Gasteiger partial charge in [-0.25, -0.2) is 4.98 Å². The lowest BCUT2D eigenvalue weighted by Gasteiger charge is -2.23. The number of ether oxygens (including phenoxy) is 1. The molecular formula is C23H23N5O2S2. The molecule has 1 amide bonds. The molecule has 0 spiro atoms. The van der Waals surface area contributed by atoms with Crippen molar-refractivity contribution in [2.45, 2.75) is 31.0 Å². The normalized spacial score (nSPS) is 16.1. The van der Waals surface area contributed by atoms with Crippen molar-refractivity contribution in [1.29, 1.82) is 0 Å². The van der Waals surface area contributed by atoms with Crippen molar-refractivity contribution in [3.05, 3.63) is 59.4 Å². The van der Waals surface area contributed by atoms with E-state index < -0.39 is 0 Å². The van der Waals surface area contributed by atoms with Crippen LogP contribution in [0.3, 0.4) is 0 Å². The van der Waals surface area contributed by atoms with E-state index in [1.54, 1.807) is 18.4 Å². The van der Waals surface area contributed by atoms with Gasteiger partial charge >= 0.3 is 0 Å². The quantitative estimate of drug-likeness (QED) is 0.386. The molecule has 164 valence electrons. The molecule has 0 unspecified atom stereocenters. The van der Waals surface area contributed by atoms with Crippen molar-refractivity contribution < 1.29 is 9.53 Å². The Morgan fingerprint density at radius 2 is 2.00 bits per heavy atom. The third-order valence-corrected chi connectivity index (χ3v) is 7.67. The monoisotopic (exact) mass is 465 g/mol. The van der Waals surface area contributed by atoms with Crippen LogP contribution in [0.25, 0.3) is 15.9 Å². The molecule has 4 aromatic rings. The van der Waals surface area contributed by atoms with Gasteiger partial charge in [0.2, 0.25) is 5.91 Å². The highest BCUT2D eigenvalue weighted by Crippen LogP contribution is 2.37. The number of amides is 1. The summed E-state index contributed by atoms with van der Waals surface area (Å²) in [5.41, 5.74) is 1.95. The van der Waals surface area contributed by atoms with Crippen molar-refractivity contribution in [3.63, 3.8) is 0 Å². The van der Waals surface area contributed by atoms with Crippen molar-refractivity contribution in [1.82, 2.24) is 24.6 Å². The number of likely N-dealkylation sites (tertiary alicyclic amines) is 1. The maximum absolute atomic E-state index is 13.2. The summed E-state index contributed by atoms with van der Waals surface area (Å²) in [5.74, 6) is 1.99. The van der Waals surface area contributed by atoms with Crippen molar-refractivity contribution in [3.8, 4) is 11.4 Å². The van der Waals surface area contributed by atoms with Crippen LogP contribution >= 0.6 is 23.1 Å². The lowest BCUT2D eigenvalue weighted by atomic mass is 10.2. The number of thioether (sulfide) groups is 1. The topological polar surface area (TPSA) is 73.1 Å². The Morgan fingerprint density at radius 3 is 2.78 bits per heavy atom. The second-order valence-corrected chi connectivity index (χ2v) is 9.62. The summed E-state index contributed by atoms with van der Waals surface area (Å²) in [6.07, 6.45) is 1.95. The van der Waals surface area contributed by atoms with E-state index in [4.69, 9.17) is 9.72 Å². The van der Waals surface area contributed by atoms with E-state index in [2.05, 4.69) is 16.3 Å². The predicted octanol–water partition coefficient (Wildman–Crippen LogP) is 4.65. The second-order valence-electron chi connectivity index (χ2n) is 7.62. The third kappa shape index (κ3) is 3.98. The van der Waals surface area contributed by atoms with Crippen LogP contribution in [0.2, 0.25) is 0 Å². The Hall–Kier alpha value is -2.91. The smallest absolute Gasteiger partial charge is 0.233 e. The lowest BCUT2D eigenvalue weighted by molar-refractivity contribution is -0.129. The lowest BCUT2D eigenvalue weighted by Crippen LogP contribution is -2.32. The predicted molar refractivity (Wildman–Crippen MR) is 127 cm³/mol. The minimum absolute atomic E-state index is 0.0571. The molecule has 1 fully saturated rings. The number of rotatable bonds is 6. The van der Waals surface area contributed by atoms with Crippen LogP contribution in [0.15, 0.2) is 53.7 Å². The number of carbonyl (C=O) groups excluding carboxylic acids is 1. The van der Waals surface area contributed by atoms with Gasteiger partial charge in [-0.05, 0) is 56.2 Å². The number of carbonyl (C=O) groups is 1. The fourth-order valence-electron chi connectivity index (χ4n) is 4.03. The SMILES string of the molecule is COc1ccc(-n2c(C)nnc2SCC(=O)N2CCC[C@H]2c2nc3ccccc3s2)cc1. The first-order valence-electron chi connectivity index (χ1n) is 10.5. The average Bonchev–Trinajstić information content (AvgIpc) is 3.55. The number of hydrogen-bond donors (Lipinski definition) is 0. The van der Waals surface area contributed by atoms with E-state index in [9.17, 15) is 4.79 Å². The summed E-state index contributed by atoms with van der Waals surface area (Å²) in [5, 5.41) is 10.3. The van der Waals surface area contributed by atoms with E-state index in [1.165, 1.54) is 16.5 Å². The minimum Gasteiger partial charge on any atom is -0.497 e. The van der Waals surface area contributed by atoms with Crippen molar-refractivity contribution >= 4 is 39.2 Å². The zero-order valence-corrected chi connectivity index (χ0v) is 19.5. The van der Waals surface area contributed by atoms with Crippen LogP contribution in [0.5, 0.6) is 5.75 Å². The number of thiazole rings is 1. The molecular weight excluding hydrogens is 442 g/mol. The molecule has 1 aliphatic heterocycles. The fourth-order valence-corrected chi connectivity index (χ4v) is 6.03. The van der Waals surface area contributed by atoms with E-state index in [0.29, 0.717) is 10.9 Å².